The highest BCUT2D eigenvalue weighted by Crippen LogP contribution is 2.27. The lowest BCUT2D eigenvalue weighted by Crippen LogP contribution is -2.18. The summed E-state index contributed by atoms with van der Waals surface area (Å²) in [5, 5.41) is 14.3. The number of methoxy groups -OCH3 is 1. The van der Waals surface area contributed by atoms with Gasteiger partial charge in [0.2, 0.25) is 10.3 Å². The van der Waals surface area contributed by atoms with Gasteiger partial charge < -0.3 is 15.0 Å². The first-order chi connectivity index (χ1) is 13.3. The molecule has 3 heterocycles. The minimum atomic E-state index is 0.792. The van der Waals surface area contributed by atoms with Gasteiger partial charge in [-0.05, 0) is 49.6 Å². The number of para-hydroxylation sites is 1. The molecule has 0 bridgehead atoms. The molecular formula is C20H25N5OS. The molecule has 6 nitrogen and oxygen atoms in total. The third kappa shape index (κ3) is 4.14. The fourth-order valence-electron chi connectivity index (χ4n) is 3.44. The number of anilines is 1. The second kappa shape index (κ2) is 8.54. The van der Waals surface area contributed by atoms with Crippen LogP contribution in [0, 0.1) is 0 Å². The molecule has 0 saturated carbocycles. The summed E-state index contributed by atoms with van der Waals surface area (Å²) < 4.78 is 7.55. The van der Waals surface area contributed by atoms with Crippen molar-refractivity contribution < 1.29 is 4.74 Å². The van der Waals surface area contributed by atoms with Crippen LogP contribution in [0.4, 0.5) is 5.13 Å². The third-order valence-electron chi connectivity index (χ3n) is 4.89. The lowest BCUT2D eigenvalue weighted by atomic mass is 10.1. The van der Waals surface area contributed by atoms with Gasteiger partial charge in [-0.2, -0.15) is 0 Å². The highest BCUT2D eigenvalue weighted by atomic mass is 32.1. The van der Waals surface area contributed by atoms with E-state index in [1.165, 1.54) is 24.1 Å². The molecule has 0 aliphatic carbocycles. The van der Waals surface area contributed by atoms with Crippen LogP contribution in [-0.2, 0) is 13.0 Å². The molecule has 1 aliphatic rings. The van der Waals surface area contributed by atoms with E-state index in [9.17, 15) is 0 Å². The van der Waals surface area contributed by atoms with Gasteiger partial charge in [0.15, 0.2) is 0 Å². The van der Waals surface area contributed by atoms with Gasteiger partial charge in [0.1, 0.15) is 5.75 Å². The summed E-state index contributed by atoms with van der Waals surface area (Å²) >= 11 is 1.67. The van der Waals surface area contributed by atoms with E-state index < -0.39 is 0 Å². The standard InChI is InChI=1S/C20H25N5OS/c1-26-18-9-3-2-7-16(18)10-11-21-15-17-8-6-14-25(17)20-23-22-19(27-20)24-12-4-5-13-24/h2-3,6-9,14,21H,4-5,10-13,15H2,1H3. The molecule has 0 amide bonds. The second-order valence-electron chi connectivity index (χ2n) is 6.67. The average Bonchev–Trinajstić information content (AvgIpc) is 3.46. The van der Waals surface area contributed by atoms with Crippen molar-refractivity contribution in [2.75, 3.05) is 31.6 Å². The number of hydrogen-bond donors (Lipinski definition) is 1. The van der Waals surface area contributed by atoms with Gasteiger partial charge in [-0.25, -0.2) is 0 Å². The predicted octanol–water partition coefficient (Wildman–Crippen LogP) is 3.27. The van der Waals surface area contributed by atoms with E-state index in [1.54, 1.807) is 18.4 Å². The van der Waals surface area contributed by atoms with E-state index in [-0.39, 0.29) is 0 Å². The zero-order valence-electron chi connectivity index (χ0n) is 15.6. The number of nitrogens with zero attached hydrogens (tertiary/aromatic N) is 4. The Morgan fingerprint density at radius 2 is 1.89 bits per heavy atom. The first-order valence-electron chi connectivity index (χ1n) is 9.43. The van der Waals surface area contributed by atoms with Gasteiger partial charge in [0.05, 0.1) is 7.11 Å². The lowest BCUT2D eigenvalue weighted by Gasteiger charge is -2.11. The molecule has 1 fully saturated rings. The van der Waals surface area contributed by atoms with E-state index >= 15 is 0 Å². The maximum absolute atomic E-state index is 5.42. The summed E-state index contributed by atoms with van der Waals surface area (Å²) in [4.78, 5) is 2.33. The van der Waals surface area contributed by atoms with Crippen LogP contribution in [0.5, 0.6) is 5.75 Å². The first-order valence-corrected chi connectivity index (χ1v) is 10.2. The van der Waals surface area contributed by atoms with Crippen molar-refractivity contribution in [3.8, 4) is 10.9 Å². The fraction of sp³-hybridized carbons (Fsp3) is 0.400. The molecule has 1 saturated heterocycles. The van der Waals surface area contributed by atoms with Crippen LogP contribution in [-0.4, -0.2) is 41.5 Å². The fourth-order valence-corrected chi connectivity index (χ4v) is 4.35. The highest BCUT2D eigenvalue weighted by molar-refractivity contribution is 7.17. The Hall–Kier alpha value is -2.38. The van der Waals surface area contributed by atoms with Crippen molar-refractivity contribution in [2.45, 2.75) is 25.8 Å². The van der Waals surface area contributed by atoms with Crippen LogP contribution in [0.25, 0.3) is 5.13 Å². The SMILES string of the molecule is COc1ccccc1CCNCc1cccn1-c1nnc(N2CCCC2)s1. The molecule has 27 heavy (non-hydrogen) atoms. The third-order valence-corrected chi connectivity index (χ3v) is 5.87. The Bertz CT molecular complexity index is 869. The number of rotatable bonds is 8. The zero-order chi connectivity index (χ0) is 18.5. The Labute approximate surface area is 163 Å². The number of benzene rings is 1. The molecule has 142 valence electrons. The van der Waals surface area contributed by atoms with Crippen molar-refractivity contribution in [3.63, 3.8) is 0 Å². The van der Waals surface area contributed by atoms with Gasteiger partial charge in [-0.1, -0.05) is 29.5 Å². The molecule has 0 spiro atoms. The van der Waals surface area contributed by atoms with Crippen molar-refractivity contribution in [1.82, 2.24) is 20.1 Å². The topological polar surface area (TPSA) is 55.2 Å². The quantitative estimate of drug-likeness (QED) is 0.605. The van der Waals surface area contributed by atoms with Gasteiger partial charge in [0, 0.05) is 31.5 Å². The minimum absolute atomic E-state index is 0.792. The predicted molar refractivity (Wildman–Crippen MR) is 109 cm³/mol. The van der Waals surface area contributed by atoms with Gasteiger partial charge in [-0.15, -0.1) is 10.2 Å². The molecule has 0 radical (unpaired) electrons. The Kier molecular flexibility index (Phi) is 5.69. The average molecular weight is 384 g/mol. The lowest BCUT2D eigenvalue weighted by molar-refractivity contribution is 0.409. The molecule has 7 heteroatoms. The molecule has 1 N–H and O–H groups in total. The van der Waals surface area contributed by atoms with Crippen LogP contribution < -0.4 is 15.0 Å². The van der Waals surface area contributed by atoms with Crippen LogP contribution >= 0.6 is 11.3 Å². The summed E-state index contributed by atoms with van der Waals surface area (Å²) in [5.41, 5.74) is 2.42. The van der Waals surface area contributed by atoms with Gasteiger partial charge in [-0.3, -0.25) is 4.57 Å². The summed E-state index contributed by atoms with van der Waals surface area (Å²) in [7, 11) is 1.72. The largest absolute Gasteiger partial charge is 0.496 e. The maximum atomic E-state index is 5.42. The summed E-state index contributed by atoms with van der Waals surface area (Å²) in [6.07, 6.45) is 5.49. The maximum Gasteiger partial charge on any atom is 0.218 e. The van der Waals surface area contributed by atoms with Crippen molar-refractivity contribution in [1.29, 1.82) is 0 Å². The van der Waals surface area contributed by atoms with Crippen molar-refractivity contribution >= 4 is 16.5 Å². The van der Waals surface area contributed by atoms with Crippen molar-refractivity contribution in [2.24, 2.45) is 0 Å². The monoisotopic (exact) mass is 383 g/mol. The molecule has 1 aromatic carbocycles. The molecule has 4 rings (SSSR count). The van der Waals surface area contributed by atoms with E-state index in [0.29, 0.717) is 0 Å². The molecular weight excluding hydrogens is 358 g/mol. The van der Waals surface area contributed by atoms with Crippen LogP contribution in [0.3, 0.4) is 0 Å². The summed E-state index contributed by atoms with van der Waals surface area (Å²) in [6, 6.07) is 12.4. The van der Waals surface area contributed by atoms with E-state index in [4.69, 9.17) is 4.74 Å². The van der Waals surface area contributed by atoms with Crippen LogP contribution in [0.2, 0.25) is 0 Å². The second-order valence-corrected chi connectivity index (χ2v) is 7.60. The highest BCUT2D eigenvalue weighted by Gasteiger charge is 2.17. The summed E-state index contributed by atoms with van der Waals surface area (Å²) in [6.45, 7) is 3.87. The Morgan fingerprint density at radius 3 is 2.74 bits per heavy atom. The van der Waals surface area contributed by atoms with E-state index in [1.807, 2.05) is 12.1 Å². The number of ether oxygens (including phenoxy) is 1. The normalized spacial score (nSPS) is 14.0. The Balaban J connectivity index is 1.35. The Morgan fingerprint density at radius 1 is 1.07 bits per heavy atom. The summed E-state index contributed by atoms with van der Waals surface area (Å²) in [5.74, 6) is 0.950. The van der Waals surface area contributed by atoms with E-state index in [0.717, 1.165) is 48.6 Å². The molecule has 0 atom stereocenters. The number of nitrogens with one attached hydrogen (secondary N) is 1. The minimum Gasteiger partial charge on any atom is -0.496 e. The molecule has 0 unspecified atom stereocenters. The number of aromatic nitrogens is 3. The number of hydrogen-bond acceptors (Lipinski definition) is 6. The molecule has 1 aliphatic heterocycles. The van der Waals surface area contributed by atoms with Crippen LogP contribution in [0.1, 0.15) is 24.1 Å². The first kappa shape index (κ1) is 18.0. The van der Waals surface area contributed by atoms with E-state index in [2.05, 4.69) is 55.4 Å². The smallest absolute Gasteiger partial charge is 0.218 e. The molecule has 2 aromatic heterocycles. The van der Waals surface area contributed by atoms with Gasteiger partial charge >= 0.3 is 0 Å². The zero-order valence-corrected chi connectivity index (χ0v) is 16.4. The van der Waals surface area contributed by atoms with Crippen LogP contribution in [0.15, 0.2) is 42.6 Å². The van der Waals surface area contributed by atoms with Crippen molar-refractivity contribution in [3.05, 3.63) is 53.9 Å². The van der Waals surface area contributed by atoms with Gasteiger partial charge in [0.25, 0.3) is 0 Å². The molecule has 3 aromatic rings.